The Hall–Kier alpha value is -2.24. The fourth-order valence-electron chi connectivity index (χ4n) is 1.95. The van der Waals surface area contributed by atoms with Crippen LogP contribution in [-0.2, 0) is 6.54 Å². The van der Waals surface area contributed by atoms with Crippen molar-refractivity contribution >= 4 is 35.6 Å². The molecule has 0 amide bonds. The molecule has 0 saturated carbocycles. The van der Waals surface area contributed by atoms with Gasteiger partial charge in [0.2, 0.25) is 0 Å². The summed E-state index contributed by atoms with van der Waals surface area (Å²) < 4.78 is 59.4. The first kappa shape index (κ1) is 21.8. The van der Waals surface area contributed by atoms with Crippen LogP contribution in [0.25, 0.3) is 0 Å². The van der Waals surface area contributed by atoms with E-state index in [1.54, 1.807) is 6.07 Å². The van der Waals surface area contributed by atoms with Crippen molar-refractivity contribution in [3.8, 4) is 11.5 Å². The molecule has 0 aromatic heterocycles. The molecule has 0 saturated heterocycles. The van der Waals surface area contributed by atoms with Crippen LogP contribution in [-0.4, -0.2) is 19.4 Å². The molecule has 2 aromatic rings. The number of alkyl halides is 3. The molecule has 2 rings (SSSR count). The zero-order valence-corrected chi connectivity index (χ0v) is 15.8. The van der Waals surface area contributed by atoms with Gasteiger partial charge in [-0.15, -0.1) is 37.1 Å². The molecule has 0 fully saturated rings. The van der Waals surface area contributed by atoms with Crippen LogP contribution in [0.4, 0.5) is 23.2 Å². The second kappa shape index (κ2) is 9.46. The summed E-state index contributed by atoms with van der Waals surface area (Å²) in [6.45, 7) is 0.0298. The Morgan fingerprint density at radius 1 is 1.15 bits per heavy atom. The van der Waals surface area contributed by atoms with Gasteiger partial charge >= 0.3 is 6.36 Å². The first-order valence-electron chi connectivity index (χ1n) is 7.02. The van der Waals surface area contributed by atoms with Crippen LogP contribution in [0.3, 0.4) is 0 Å². The molecule has 0 aliphatic rings. The fourth-order valence-corrected chi connectivity index (χ4v) is 1.95. The quantitative estimate of drug-likeness (QED) is 0.287. The molecule has 0 heterocycles. The number of aliphatic imine (C=N–C) groups is 1. The number of hydrogen-bond donors (Lipinski definition) is 2. The molecule has 0 aliphatic carbocycles. The number of anilines is 1. The van der Waals surface area contributed by atoms with Gasteiger partial charge in [0.05, 0.1) is 19.3 Å². The van der Waals surface area contributed by atoms with Crippen LogP contribution < -0.4 is 20.5 Å². The molecule has 0 atom stereocenters. The number of hydrogen-bond acceptors (Lipinski definition) is 3. The molecule has 3 N–H and O–H groups in total. The Kier molecular flexibility index (Phi) is 7.93. The van der Waals surface area contributed by atoms with Crippen LogP contribution in [0.2, 0.25) is 0 Å². The van der Waals surface area contributed by atoms with Crippen LogP contribution in [0.1, 0.15) is 5.56 Å². The molecule has 5 nitrogen and oxygen atoms in total. The molecule has 0 unspecified atom stereocenters. The van der Waals surface area contributed by atoms with E-state index in [1.807, 2.05) is 0 Å². The number of guanidine groups is 1. The molecule has 0 radical (unpaired) electrons. The minimum absolute atomic E-state index is 0. The van der Waals surface area contributed by atoms with Gasteiger partial charge in [-0.1, -0.05) is 18.2 Å². The first-order chi connectivity index (χ1) is 11.8. The van der Waals surface area contributed by atoms with Gasteiger partial charge in [-0.3, -0.25) is 0 Å². The van der Waals surface area contributed by atoms with E-state index in [-0.39, 0.29) is 47.9 Å². The fraction of sp³-hybridized carbons (Fsp3) is 0.188. The van der Waals surface area contributed by atoms with E-state index in [2.05, 4.69) is 15.0 Å². The normalized spacial score (nSPS) is 11.5. The van der Waals surface area contributed by atoms with Gasteiger partial charge in [0.15, 0.2) is 23.3 Å². The summed E-state index contributed by atoms with van der Waals surface area (Å²) >= 11 is 0. The lowest BCUT2D eigenvalue weighted by Gasteiger charge is -2.14. The number of ether oxygens (including phenoxy) is 2. The number of nitrogens with one attached hydrogen (secondary N) is 1. The molecule has 0 bridgehead atoms. The van der Waals surface area contributed by atoms with E-state index in [1.165, 1.54) is 37.4 Å². The molecule has 10 heteroatoms. The number of methoxy groups -OCH3 is 1. The Morgan fingerprint density at radius 2 is 1.85 bits per heavy atom. The molecular weight excluding hydrogens is 469 g/mol. The number of nitrogens with zero attached hydrogens (tertiary/aromatic N) is 1. The lowest BCUT2D eigenvalue weighted by Crippen LogP contribution is -2.24. The van der Waals surface area contributed by atoms with E-state index < -0.39 is 17.9 Å². The highest BCUT2D eigenvalue weighted by Crippen LogP contribution is 2.29. The first-order valence-corrected chi connectivity index (χ1v) is 7.02. The van der Waals surface area contributed by atoms with Crippen molar-refractivity contribution in [3.63, 3.8) is 0 Å². The zero-order valence-electron chi connectivity index (χ0n) is 13.5. The topological polar surface area (TPSA) is 68.9 Å². The highest BCUT2D eigenvalue weighted by Gasteiger charge is 2.32. The van der Waals surface area contributed by atoms with Crippen molar-refractivity contribution in [3.05, 3.63) is 53.8 Å². The molecule has 0 aliphatic heterocycles. The lowest BCUT2D eigenvalue weighted by atomic mass is 10.2. The average Bonchev–Trinajstić information content (AvgIpc) is 2.53. The summed E-state index contributed by atoms with van der Waals surface area (Å²) in [4.78, 5) is 3.96. The lowest BCUT2D eigenvalue weighted by molar-refractivity contribution is -0.274. The maximum atomic E-state index is 13.6. The Balaban J connectivity index is 0.00000338. The molecule has 142 valence electrons. The minimum Gasteiger partial charge on any atom is -0.494 e. The number of halogens is 5. The summed E-state index contributed by atoms with van der Waals surface area (Å²) in [7, 11) is 1.35. The van der Waals surface area contributed by atoms with Crippen molar-refractivity contribution in [1.82, 2.24) is 0 Å². The Morgan fingerprint density at radius 3 is 2.46 bits per heavy atom. The van der Waals surface area contributed by atoms with E-state index in [0.29, 0.717) is 5.56 Å². The summed E-state index contributed by atoms with van der Waals surface area (Å²) in [5, 5.41) is 2.52. The van der Waals surface area contributed by atoms with Gasteiger partial charge < -0.3 is 20.5 Å². The number of rotatable bonds is 5. The van der Waals surface area contributed by atoms with E-state index in [4.69, 9.17) is 10.5 Å². The second-order valence-corrected chi connectivity index (χ2v) is 4.84. The average molecular weight is 485 g/mol. The third-order valence-corrected chi connectivity index (χ3v) is 3.02. The number of para-hydroxylation sites is 2. The highest BCUT2D eigenvalue weighted by atomic mass is 127. The third kappa shape index (κ3) is 6.58. The Bertz CT molecular complexity index is 769. The predicted octanol–water partition coefficient (Wildman–Crippen LogP) is 4.28. The van der Waals surface area contributed by atoms with Gasteiger partial charge in [-0.2, -0.15) is 0 Å². The summed E-state index contributed by atoms with van der Waals surface area (Å²) in [6, 6.07) is 9.67. The van der Waals surface area contributed by atoms with E-state index in [9.17, 15) is 17.6 Å². The third-order valence-electron chi connectivity index (χ3n) is 3.02. The SMILES string of the molecule is COc1ccc(CN=C(N)Nc2ccccc2OC(F)(F)F)cc1F.I. The van der Waals surface area contributed by atoms with Gasteiger partial charge in [0.1, 0.15) is 0 Å². The van der Waals surface area contributed by atoms with E-state index in [0.717, 1.165) is 6.07 Å². The van der Waals surface area contributed by atoms with Crippen LogP contribution >= 0.6 is 24.0 Å². The minimum atomic E-state index is -4.83. The van der Waals surface area contributed by atoms with Crippen molar-refractivity contribution < 1.29 is 27.0 Å². The van der Waals surface area contributed by atoms with Gasteiger partial charge in [-0.05, 0) is 29.8 Å². The smallest absolute Gasteiger partial charge is 0.494 e. The summed E-state index contributed by atoms with van der Waals surface area (Å²) in [6.07, 6.45) is -4.83. The highest BCUT2D eigenvalue weighted by molar-refractivity contribution is 14.0. The van der Waals surface area contributed by atoms with Crippen molar-refractivity contribution in [2.24, 2.45) is 10.7 Å². The molecular formula is C16H16F4IN3O2. The van der Waals surface area contributed by atoms with Crippen LogP contribution in [0, 0.1) is 5.82 Å². The Labute approximate surface area is 164 Å². The zero-order chi connectivity index (χ0) is 18.4. The molecule has 2 aromatic carbocycles. The van der Waals surface area contributed by atoms with Crippen molar-refractivity contribution in [1.29, 1.82) is 0 Å². The van der Waals surface area contributed by atoms with Crippen LogP contribution in [0.5, 0.6) is 11.5 Å². The van der Waals surface area contributed by atoms with Gasteiger partial charge in [-0.25, -0.2) is 9.38 Å². The van der Waals surface area contributed by atoms with Crippen molar-refractivity contribution in [2.45, 2.75) is 12.9 Å². The van der Waals surface area contributed by atoms with E-state index >= 15 is 0 Å². The maximum Gasteiger partial charge on any atom is 0.573 e. The monoisotopic (exact) mass is 485 g/mol. The maximum absolute atomic E-state index is 13.6. The van der Waals surface area contributed by atoms with Crippen molar-refractivity contribution in [2.75, 3.05) is 12.4 Å². The van der Waals surface area contributed by atoms with Gasteiger partial charge in [0.25, 0.3) is 0 Å². The summed E-state index contributed by atoms with van der Waals surface area (Å²) in [5.41, 5.74) is 6.18. The molecule has 26 heavy (non-hydrogen) atoms. The number of nitrogens with two attached hydrogens (primary N) is 1. The molecule has 0 spiro atoms. The van der Waals surface area contributed by atoms with Gasteiger partial charge in [0, 0.05) is 0 Å². The number of benzene rings is 2. The van der Waals surface area contributed by atoms with Crippen LogP contribution in [0.15, 0.2) is 47.5 Å². The summed E-state index contributed by atoms with van der Waals surface area (Å²) in [5.74, 6) is -1.04. The second-order valence-electron chi connectivity index (χ2n) is 4.84. The standard InChI is InChI=1S/C16H15F4N3O2.HI/c1-24-13-7-6-10(8-11(13)17)9-22-15(21)23-12-4-2-3-5-14(12)25-16(18,19)20;/h2-8H,9H2,1H3,(H3,21,22,23);1H. The largest absolute Gasteiger partial charge is 0.573 e. The predicted molar refractivity (Wildman–Crippen MR) is 100 cm³/mol.